The Morgan fingerprint density at radius 2 is 2.13 bits per heavy atom. The van der Waals surface area contributed by atoms with Gasteiger partial charge in [-0.25, -0.2) is 0 Å². The van der Waals surface area contributed by atoms with E-state index in [1.54, 1.807) is 0 Å². The fourth-order valence-electron chi connectivity index (χ4n) is 4.10. The molecule has 0 radical (unpaired) electrons. The van der Waals surface area contributed by atoms with Crippen LogP contribution in [0.15, 0.2) is 49.2 Å². The minimum absolute atomic E-state index is 0.0169. The maximum atomic E-state index is 12.1. The summed E-state index contributed by atoms with van der Waals surface area (Å²) in [5, 5.41) is 8.33. The summed E-state index contributed by atoms with van der Waals surface area (Å²) in [7, 11) is 0. The number of pyridine rings is 1. The molecule has 30 heavy (non-hydrogen) atoms. The average Bonchev–Trinajstić information content (AvgIpc) is 3.24. The summed E-state index contributed by atoms with van der Waals surface area (Å²) in [6.45, 7) is 6.35. The van der Waals surface area contributed by atoms with Crippen LogP contribution in [-0.4, -0.2) is 58.4 Å². The standard InChI is InChI=1S/C23H24N4O3/c1-2-21(28)27-9-3-4-16(12-27)20-10-17-11-24-26-23(17)22(25-20)15-5-7-18(8-6-15)30-19-13-29-14-19/h2,5-8,10-11,16,19H,1,3-4,9,12-14H2,(H,24,26). The maximum Gasteiger partial charge on any atom is 0.245 e. The van der Waals surface area contributed by atoms with Gasteiger partial charge in [-0.2, -0.15) is 5.10 Å². The van der Waals surface area contributed by atoms with Crippen LogP contribution in [0.4, 0.5) is 0 Å². The number of aromatic nitrogens is 3. The zero-order valence-corrected chi connectivity index (χ0v) is 16.7. The van der Waals surface area contributed by atoms with E-state index in [9.17, 15) is 4.79 Å². The Hall–Kier alpha value is -3.19. The molecule has 1 amide bonds. The average molecular weight is 404 g/mol. The van der Waals surface area contributed by atoms with Crippen molar-refractivity contribution in [1.29, 1.82) is 0 Å². The number of benzene rings is 1. The Morgan fingerprint density at radius 3 is 2.87 bits per heavy atom. The fourth-order valence-corrected chi connectivity index (χ4v) is 4.10. The van der Waals surface area contributed by atoms with Gasteiger partial charge in [0, 0.05) is 35.7 Å². The van der Waals surface area contributed by atoms with E-state index in [-0.39, 0.29) is 17.9 Å². The number of nitrogens with one attached hydrogen (secondary N) is 1. The number of carbonyl (C=O) groups excluding carboxylic acids is 1. The molecule has 5 rings (SSSR count). The molecule has 154 valence electrons. The lowest BCUT2D eigenvalue weighted by molar-refractivity contribution is -0.127. The third kappa shape index (κ3) is 3.57. The first-order valence-electron chi connectivity index (χ1n) is 10.3. The maximum absolute atomic E-state index is 12.1. The number of hydrogen-bond donors (Lipinski definition) is 1. The Bertz CT molecular complexity index is 1070. The van der Waals surface area contributed by atoms with Crippen molar-refractivity contribution < 1.29 is 14.3 Å². The highest BCUT2D eigenvalue weighted by atomic mass is 16.6. The molecule has 3 aromatic rings. The Balaban J connectivity index is 1.46. The molecule has 2 saturated heterocycles. The molecule has 0 saturated carbocycles. The molecule has 1 unspecified atom stereocenters. The molecule has 4 heterocycles. The van der Waals surface area contributed by atoms with Gasteiger partial charge in [0.25, 0.3) is 0 Å². The van der Waals surface area contributed by atoms with E-state index in [4.69, 9.17) is 14.5 Å². The van der Waals surface area contributed by atoms with Crippen LogP contribution in [-0.2, 0) is 9.53 Å². The molecule has 2 fully saturated rings. The van der Waals surface area contributed by atoms with Crippen LogP contribution in [0.3, 0.4) is 0 Å². The lowest BCUT2D eigenvalue weighted by Gasteiger charge is -2.32. The number of hydrogen-bond acceptors (Lipinski definition) is 5. The van der Waals surface area contributed by atoms with Crippen LogP contribution in [0, 0.1) is 0 Å². The highest BCUT2D eigenvalue weighted by molar-refractivity contribution is 5.91. The smallest absolute Gasteiger partial charge is 0.245 e. The summed E-state index contributed by atoms with van der Waals surface area (Å²) in [6.07, 6.45) is 5.33. The van der Waals surface area contributed by atoms with Gasteiger partial charge >= 0.3 is 0 Å². The summed E-state index contributed by atoms with van der Waals surface area (Å²) in [5.41, 5.74) is 3.77. The van der Waals surface area contributed by atoms with Crippen molar-refractivity contribution in [2.45, 2.75) is 24.9 Å². The molecule has 7 heteroatoms. The molecular weight excluding hydrogens is 380 g/mol. The van der Waals surface area contributed by atoms with Crippen LogP contribution < -0.4 is 4.74 Å². The number of likely N-dealkylation sites (tertiary alicyclic amines) is 1. The van der Waals surface area contributed by atoms with Gasteiger partial charge in [0.05, 0.1) is 30.6 Å². The summed E-state index contributed by atoms with van der Waals surface area (Å²) in [4.78, 5) is 19.0. The number of fused-ring (bicyclic) bond motifs is 1. The number of piperidine rings is 1. The number of rotatable bonds is 5. The molecular formula is C23H24N4O3. The van der Waals surface area contributed by atoms with Crippen LogP contribution in [0.25, 0.3) is 22.2 Å². The van der Waals surface area contributed by atoms with E-state index < -0.39 is 0 Å². The molecule has 1 aromatic carbocycles. The minimum Gasteiger partial charge on any atom is -0.486 e. The zero-order chi connectivity index (χ0) is 20.5. The van der Waals surface area contributed by atoms with E-state index in [0.717, 1.165) is 53.0 Å². The second kappa shape index (κ2) is 7.91. The van der Waals surface area contributed by atoms with Crippen molar-refractivity contribution >= 4 is 16.8 Å². The highest BCUT2D eigenvalue weighted by Crippen LogP contribution is 2.33. The van der Waals surface area contributed by atoms with E-state index in [1.165, 1.54) is 6.08 Å². The van der Waals surface area contributed by atoms with Crippen molar-refractivity contribution in [2.24, 2.45) is 0 Å². The molecule has 0 bridgehead atoms. The van der Waals surface area contributed by atoms with Crippen LogP contribution in [0.1, 0.15) is 24.5 Å². The van der Waals surface area contributed by atoms with Crippen LogP contribution in [0.5, 0.6) is 5.75 Å². The molecule has 7 nitrogen and oxygen atoms in total. The van der Waals surface area contributed by atoms with Crippen LogP contribution in [0.2, 0.25) is 0 Å². The number of nitrogens with zero attached hydrogens (tertiary/aromatic N) is 3. The van der Waals surface area contributed by atoms with Gasteiger partial charge in [-0.1, -0.05) is 6.58 Å². The topological polar surface area (TPSA) is 80.3 Å². The number of H-pyrrole nitrogens is 1. The van der Waals surface area contributed by atoms with Crippen molar-refractivity contribution in [1.82, 2.24) is 20.1 Å². The quantitative estimate of drug-likeness (QED) is 0.660. The SMILES string of the molecule is C=CC(=O)N1CCCC(c2cc3cn[nH]c3c(-c3ccc(OC4COC4)cc3)n2)C1. The predicted octanol–water partition coefficient (Wildman–Crippen LogP) is 3.29. The van der Waals surface area contributed by atoms with Crippen LogP contribution >= 0.6 is 0 Å². The summed E-state index contributed by atoms with van der Waals surface area (Å²) in [5.74, 6) is 1.01. The van der Waals surface area contributed by atoms with Gasteiger partial charge in [0.2, 0.25) is 5.91 Å². The van der Waals surface area contributed by atoms with Crippen molar-refractivity contribution in [3.05, 3.63) is 54.9 Å². The van der Waals surface area contributed by atoms with Crippen molar-refractivity contribution in [3.63, 3.8) is 0 Å². The first-order valence-corrected chi connectivity index (χ1v) is 10.3. The van der Waals surface area contributed by atoms with Gasteiger partial charge < -0.3 is 14.4 Å². The second-order valence-electron chi connectivity index (χ2n) is 7.86. The fraction of sp³-hybridized carbons (Fsp3) is 0.348. The monoisotopic (exact) mass is 404 g/mol. The van der Waals surface area contributed by atoms with E-state index in [1.807, 2.05) is 35.4 Å². The molecule has 2 aromatic heterocycles. The summed E-state index contributed by atoms with van der Waals surface area (Å²) in [6, 6.07) is 10.1. The number of ether oxygens (including phenoxy) is 2. The number of amides is 1. The number of carbonyl (C=O) groups is 1. The Kier molecular flexibility index (Phi) is 4.96. The first kappa shape index (κ1) is 18.8. The summed E-state index contributed by atoms with van der Waals surface area (Å²) < 4.78 is 11.0. The van der Waals surface area contributed by atoms with Gasteiger partial charge in [-0.3, -0.25) is 14.9 Å². The lowest BCUT2D eigenvalue weighted by atomic mass is 9.93. The Morgan fingerprint density at radius 1 is 1.30 bits per heavy atom. The van der Waals surface area contributed by atoms with E-state index in [0.29, 0.717) is 19.8 Å². The van der Waals surface area contributed by atoms with Gasteiger partial charge in [-0.05, 0) is 49.2 Å². The lowest BCUT2D eigenvalue weighted by Crippen LogP contribution is -2.38. The third-order valence-electron chi connectivity index (χ3n) is 5.81. The van der Waals surface area contributed by atoms with Gasteiger partial charge in [0.1, 0.15) is 11.9 Å². The molecule has 0 aliphatic carbocycles. The van der Waals surface area contributed by atoms with Crippen molar-refractivity contribution in [3.8, 4) is 17.0 Å². The van der Waals surface area contributed by atoms with Gasteiger partial charge in [0.15, 0.2) is 0 Å². The molecule has 2 aliphatic rings. The number of aromatic amines is 1. The summed E-state index contributed by atoms with van der Waals surface area (Å²) >= 11 is 0. The Labute approximate surface area is 174 Å². The first-order chi connectivity index (χ1) is 14.7. The van der Waals surface area contributed by atoms with E-state index in [2.05, 4.69) is 22.8 Å². The van der Waals surface area contributed by atoms with Crippen molar-refractivity contribution in [2.75, 3.05) is 26.3 Å². The largest absolute Gasteiger partial charge is 0.486 e. The predicted molar refractivity (Wildman–Crippen MR) is 113 cm³/mol. The van der Waals surface area contributed by atoms with Gasteiger partial charge in [-0.15, -0.1) is 0 Å². The van der Waals surface area contributed by atoms with E-state index >= 15 is 0 Å². The molecule has 1 N–H and O–H groups in total. The third-order valence-corrected chi connectivity index (χ3v) is 5.81. The normalized spacial score (nSPS) is 19.5. The second-order valence-corrected chi connectivity index (χ2v) is 7.86. The molecule has 1 atom stereocenters. The highest BCUT2D eigenvalue weighted by Gasteiger charge is 2.26. The zero-order valence-electron chi connectivity index (χ0n) is 16.7. The molecule has 2 aliphatic heterocycles. The molecule has 0 spiro atoms. The minimum atomic E-state index is -0.0169.